The van der Waals surface area contributed by atoms with Crippen molar-refractivity contribution in [3.8, 4) is 0 Å². The van der Waals surface area contributed by atoms with Crippen molar-refractivity contribution in [2.24, 2.45) is 0 Å². The number of carbonyl (C=O) groups excluding carboxylic acids is 1. The zero-order valence-corrected chi connectivity index (χ0v) is 10.6. The molecule has 1 fully saturated rings. The Morgan fingerprint density at radius 2 is 2.25 bits per heavy atom. The molecule has 0 saturated carbocycles. The molecule has 1 aromatic rings. The molecule has 9 nitrogen and oxygen atoms in total. The van der Waals surface area contributed by atoms with Gasteiger partial charge in [0.15, 0.2) is 5.69 Å². The van der Waals surface area contributed by atoms with E-state index in [9.17, 15) is 19.7 Å². The molecule has 1 saturated heterocycles. The Bertz CT molecular complexity index is 554. The third kappa shape index (κ3) is 2.48. The minimum Gasteiger partial charge on any atom is -0.480 e. The normalized spacial score (nSPS) is 21.9. The van der Waals surface area contributed by atoms with E-state index in [1.54, 1.807) is 0 Å². The van der Waals surface area contributed by atoms with Crippen LogP contribution in [0.2, 0.25) is 0 Å². The number of carboxylic acid groups (broad SMARTS) is 1. The third-order valence-electron chi connectivity index (χ3n) is 3.24. The van der Waals surface area contributed by atoms with Crippen molar-refractivity contribution in [1.82, 2.24) is 9.88 Å². The highest BCUT2D eigenvalue weighted by atomic mass is 16.6. The highest BCUT2D eigenvalue weighted by molar-refractivity contribution is 5.96. The van der Waals surface area contributed by atoms with Crippen molar-refractivity contribution in [2.75, 3.05) is 13.7 Å². The summed E-state index contributed by atoms with van der Waals surface area (Å²) in [5, 5.41) is 19.7. The largest absolute Gasteiger partial charge is 0.480 e. The summed E-state index contributed by atoms with van der Waals surface area (Å²) >= 11 is 0. The zero-order chi connectivity index (χ0) is 14.9. The first-order valence-corrected chi connectivity index (χ1v) is 5.84. The molecule has 1 aliphatic heterocycles. The van der Waals surface area contributed by atoms with Crippen molar-refractivity contribution in [2.45, 2.75) is 18.6 Å². The van der Waals surface area contributed by atoms with Gasteiger partial charge in [0.05, 0.1) is 6.10 Å². The lowest BCUT2D eigenvalue weighted by molar-refractivity contribution is -0.389. The first-order valence-electron chi connectivity index (χ1n) is 5.84. The lowest BCUT2D eigenvalue weighted by atomic mass is 10.2. The Morgan fingerprint density at radius 3 is 2.75 bits per heavy atom. The summed E-state index contributed by atoms with van der Waals surface area (Å²) in [7, 11) is 1.44. The molecule has 0 aromatic carbocycles. The van der Waals surface area contributed by atoms with Gasteiger partial charge in [-0.3, -0.25) is 4.79 Å². The molecular weight excluding hydrogens is 270 g/mol. The number of aromatic amines is 1. The first kappa shape index (κ1) is 14.0. The molecule has 20 heavy (non-hydrogen) atoms. The van der Waals surface area contributed by atoms with Crippen molar-refractivity contribution < 1.29 is 24.4 Å². The second-order valence-electron chi connectivity index (χ2n) is 4.42. The quantitative estimate of drug-likeness (QED) is 0.602. The van der Waals surface area contributed by atoms with Crippen LogP contribution in [-0.4, -0.2) is 57.6 Å². The topological polar surface area (TPSA) is 126 Å². The highest BCUT2D eigenvalue weighted by Crippen LogP contribution is 2.23. The van der Waals surface area contributed by atoms with Crippen LogP contribution in [0.15, 0.2) is 12.1 Å². The van der Waals surface area contributed by atoms with Crippen LogP contribution in [0.25, 0.3) is 0 Å². The number of H-pyrrole nitrogens is 1. The van der Waals surface area contributed by atoms with Gasteiger partial charge < -0.3 is 24.9 Å². The molecule has 1 aliphatic rings. The van der Waals surface area contributed by atoms with Crippen molar-refractivity contribution in [3.63, 3.8) is 0 Å². The third-order valence-corrected chi connectivity index (χ3v) is 3.24. The van der Waals surface area contributed by atoms with E-state index in [-0.39, 0.29) is 30.6 Å². The second-order valence-corrected chi connectivity index (χ2v) is 4.42. The second kappa shape index (κ2) is 5.29. The average molecular weight is 283 g/mol. The molecule has 0 spiro atoms. The summed E-state index contributed by atoms with van der Waals surface area (Å²) in [6, 6.07) is 1.43. The van der Waals surface area contributed by atoms with E-state index in [1.165, 1.54) is 13.2 Å². The first-order chi connectivity index (χ1) is 9.43. The van der Waals surface area contributed by atoms with Gasteiger partial charge in [-0.2, -0.15) is 0 Å². The van der Waals surface area contributed by atoms with Crippen LogP contribution in [-0.2, 0) is 9.53 Å². The molecular formula is C11H13N3O6. The van der Waals surface area contributed by atoms with Gasteiger partial charge in [0.25, 0.3) is 5.91 Å². The molecule has 0 radical (unpaired) electrons. The number of nitro groups is 1. The van der Waals surface area contributed by atoms with Gasteiger partial charge >= 0.3 is 11.8 Å². The van der Waals surface area contributed by atoms with Gasteiger partial charge in [-0.1, -0.05) is 0 Å². The fourth-order valence-electron chi connectivity index (χ4n) is 2.20. The minimum absolute atomic E-state index is 0.0142. The summed E-state index contributed by atoms with van der Waals surface area (Å²) in [4.78, 5) is 36.8. The molecule has 0 aliphatic carbocycles. The number of amides is 1. The Labute approximate surface area is 113 Å². The predicted molar refractivity (Wildman–Crippen MR) is 65.3 cm³/mol. The molecule has 2 heterocycles. The molecule has 2 N–H and O–H groups in total. The minimum atomic E-state index is -1.13. The van der Waals surface area contributed by atoms with Crippen molar-refractivity contribution in [1.29, 1.82) is 0 Å². The van der Waals surface area contributed by atoms with Gasteiger partial charge in [-0.05, 0) is 11.0 Å². The number of aromatic nitrogens is 1. The molecule has 2 rings (SSSR count). The highest BCUT2D eigenvalue weighted by Gasteiger charge is 2.41. The monoisotopic (exact) mass is 283 g/mol. The van der Waals surface area contributed by atoms with Crippen LogP contribution >= 0.6 is 0 Å². The Hall–Kier alpha value is -2.42. The molecule has 1 amide bonds. The van der Waals surface area contributed by atoms with Crippen LogP contribution in [0.4, 0.5) is 5.82 Å². The van der Waals surface area contributed by atoms with Crippen LogP contribution in [0.5, 0.6) is 0 Å². The smallest absolute Gasteiger partial charge is 0.326 e. The van der Waals surface area contributed by atoms with Gasteiger partial charge in [-0.25, -0.2) is 9.78 Å². The van der Waals surface area contributed by atoms with E-state index in [0.717, 1.165) is 11.0 Å². The summed E-state index contributed by atoms with van der Waals surface area (Å²) in [5.41, 5.74) is -0.0142. The lowest BCUT2D eigenvalue weighted by Gasteiger charge is -2.19. The maximum atomic E-state index is 12.2. The standard InChI is InChI=1S/C11H13N3O6/c1-20-6-4-8(11(16)17)13(5-6)10(15)7-2-3-9(12-7)14(18)19/h2-3,6,8,12H,4-5H2,1H3,(H,16,17). The molecule has 9 heteroatoms. The van der Waals surface area contributed by atoms with Gasteiger partial charge in [0.1, 0.15) is 6.04 Å². The SMILES string of the molecule is COC1CC(C(=O)O)N(C(=O)c2ccc([N+](=O)[O-])[nH]2)C1. The lowest BCUT2D eigenvalue weighted by Crippen LogP contribution is -2.40. The predicted octanol–water partition coefficient (Wildman–Crippen LogP) is 0.237. The number of carboxylic acids is 1. The fraction of sp³-hybridized carbons (Fsp3) is 0.455. The van der Waals surface area contributed by atoms with Gasteiger partial charge in [0, 0.05) is 26.1 Å². The fourth-order valence-corrected chi connectivity index (χ4v) is 2.20. The summed E-state index contributed by atoms with van der Waals surface area (Å²) in [6.45, 7) is 0.138. The van der Waals surface area contributed by atoms with E-state index < -0.39 is 22.8 Å². The van der Waals surface area contributed by atoms with Crippen molar-refractivity contribution >= 4 is 17.7 Å². The molecule has 2 unspecified atom stereocenters. The Kier molecular flexibility index (Phi) is 3.70. The summed E-state index contributed by atoms with van der Waals surface area (Å²) in [5.74, 6) is -2.04. The van der Waals surface area contributed by atoms with Crippen LogP contribution in [0.3, 0.4) is 0 Å². The number of ether oxygens (including phenoxy) is 1. The summed E-state index contributed by atoms with van der Waals surface area (Å²) in [6.07, 6.45) is -0.162. The van der Waals surface area contributed by atoms with E-state index in [2.05, 4.69) is 4.98 Å². The number of hydrogen-bond acceptors (Lipinski definition) is 5. The maximum Gasteiger partial charge on any atom is 0.326 e. The molecule has 0 bridgehead atoms. The Balaban J connectivity index is 2.21. The summed E-state index contributed by atoms with van der Waals surface area (Å²) < 4.78 is 5.08. The van der Waals surface area contributed by atoms with Gasteiger partial charge in [0.2, 0.25) is 0 Å². The molecule has 108 valence electrons. The number of nitrogens with zero attached hydrogens (tertiary/aromatic N) is 2. The zero-order valence-electron chi connectivity index (χ0n) is 10.6. The average Bonchev–Trinajstić information content (AvgIpc) is 3.04. The van der Waals surface area contributed by atoms with Crippen molar-refractivity contribution in [3.05, 3.63) is 27.9 Å². The number of methoxy groups -OCH3 is 1. The van der Waals surface area contributed by atoms with Crippen LogP contribution < -0.4 is 0 Å². The van der Waals surface area contributed by atoms with Gasteiger partial charge in [-0.15, -0.1) is 0 Å². The maximum absolute atomic E-state index is 12.2. The number of hydrogen-bond donors (Lipinski definition) is 2. The number of rotatable bonds is 4. The number of likely N-dealkylation sites (tertiary alicyclic amines) is 1. The number of aliphatic carboxylic acids is 1. The van der Waals surface area contributed by atoms with E-state index in [4.69, 9.17) is 9.84 Å². The van der Waals surface area contributed by atoms with Crippen LogP contribution in [0, 0.1) is 10.1 Å². The van der Waals surface area contributed by atoms with Crippen LogP contribution in [0.1, 0.15) is 16.9 Å². The molecule has 1 aromatic heterocycles. The van der Waals surface area contributed by atoms with E-state index in [0.29, 0.717) is 0 Å². The van der Waals surface area contributed by atoms with E-state index in [1.807, 2.05) is 0 Å². The van der Waals surface area contributed by atoms with E-state index >= 15 is 0 Å². The molecule has 2 atom stereocenters. The Morgan fingerprint density at radius 1 is 1.55 bits per heavy atom. The number of carbonyl (C=O) groups is 2. The number of nitrogens with one attached hydrogen (secondary N) is 1.